The number of hydrogen-bond donors (Lipinski definition) is 0. The SMILES string of the molecule is O=S1(=O)CCC2(CC1)Oc1ccccc1S2. The average Bonchev–Trinajstić information content (AvgIpc) is 2.62. The van der Waals surface area contributed by atoms with Gasteiger partial charge in [-0.05, 0) is 12.1 Å². The predicted molar refractivity (Wildman–Crippen MR) is 63.5 cm³/mol. The molecule has 0 unspecified atom stereocenters. The van der Waals surface area contributed by atoms with Gasteiger partial charge in [-0.1, -0.05) is 23.9 Å². The second kappa shape index (κ2) is 3.40. The molecule has 5 heteroatoms. The van der Waals surface area contributed by atoms with Crippen molar-refractivity contribution in [3.63, 3.8) is 0 Å². The fourth-order valence-electron chi connectivity index (χ4n) is 2.09. The highest BCUT2D eigenvalue weighted by Gasteiger charge is 2.44. The highest BCUT2D eigenvalue weighted by molar-refractivity contribution is 8.01. The summed E-state index contributed by atoms with van der Waals surface area (Å²) in [5.41, 5.74) is 0. The molecule has 2 aliphatic heterocycles. The number of rotatable bonds is 0. The lowest BCUT2D eigenvalue weighted by Gasteiger charge is -2.31. The molecule has 3 rings (SSSR count). The molecule has 0 N–H and O–H groups in total. The zero-order valence-corrected chi connectivity index (χ0v) is 10.3. The molecule has 16 heavy (non-hydrogen) atoms. The standard InChI is InChI=1S/C11H12O3S2/c12-16(13)7-5-11(6-8-16)14-9-3-1-2-4-10(9)15-11/h1-4H,5-8H2. The van der Waals surface area contributed by atoms with E-state index in [-0.39, 0.29) is 16.4 Å². The van der Waals surface area contributed by atoms with E-state index in [1.165, 1.54) is 0 Å². The van der Waals surface area contributed by atoms with Crippen LogP contribution in [0.4, 0.5) is 0 Å². The van der Waals surface area contributed by atoms with Gasteiger partial charge in [-0.2, -0.15) is 0 Å². The van der Waals surface area contributed by atoms with E-state index < -0.39 is 9.84 Å². The first-order valence-electron chi connectivity index (χ1n) is 5.26. The van der Waals surface area contributed by atoms with Crippen molar-refractivity contribution < 1.29 is 13.2 Å². The van der Waals surface area contributed by atoms with E-state index in [1.807, 2.05) is 24.3 Å². The van der Waals surface area contributed by atoms with Gasteiger partial charge in [0.15, 0.2) is 14.8 Å². The van der Waals surface area contributed by atoms with Crippen molar-refractivity contribution in [3.8, 4) is 5.75 Å². The topological polar surface area (TPSA) is 43.4 Å². The molecule has 0 atom stereocenters. The first-order chi connectivity index (χ1) is 7.59. The Bertz CT molecular complexity index is 481. The number of para-hydroxylation sites is 1. The van der Waals surface area contributed by atoms with Gasteiger partial charge in [0.1, 0.15) is 5.75 Å². The third-order valence-electron chi connectivity index (χ3n) is 3.03. The summed E-state index contributed by atoms with van der Waals surface area (Å²) in [6.45, 7) is 0. The van der Waals surface area contributed by atoms with Gasteiger partial charge in [0, 0.05) is 12.8 Å². The highest BCUT2D eigenvalue weighted by Crippen LogP contribution is 2.52. The fourth-order valence-corrected chi connectivity index (χ4v) is 5.14. The van der Waals surface area contributed by atoms with E-state index in [0.717, 1.165) is 10.6 Å². The Morgan fingerprint density at radius 3 is 2.56 bits per heavy atom. The molecule has 1 spiro atoms. The van der Waals surface area contributed by atoms with Gasteiger partial charge < -0.3 is 4.74 Å². The quantitative estimate of drug-likeness (QED) is 0.713. The van der Waals surface area contributed by atoms with Crippen LogP contribution in [0.25, 0.3) is 0 Å². The lowest BCUT2D eigenvalue weighted by molar-refractivity contribution is 0.161. The third-order valence-corrected chi connectivity index (χ3v) is 6.10. The minimum absolute atomic E-state index is 0.244. The summed E-state index contributed by atoms with van der Waals surface area (Å²) in [7, 11) is -2.83. The molecule has 2 heterocycles. The summed E-state index contributed by atoms with van der Waals surface area (Å²) in [5, 5.41) is 0. The van der Waals surface area contributed by atoms with Gasteiger partial charge in [-0.3, -0.25) is 0 Å². The maximum atomic E-state index is 11.4. The first kappa shape index (κ1) is 10.5. The molecule has 3 nitrogen and oxygen atoms in total. The molecule has 0 amide bonds. The minimum atomic E-state index is -2.83. The van der Waals surface area contributed by atoms with Crippen LogP contribution in [0.5, 0.6) is 5.75 Å². The summed E-state index contributed by atoms with van der Waals surface area (Å²) in [4.78, 5) is 0.802. The first-order valence-corrected chi connectivity index (χ1v) is 7.90. The summed E-state index contributed by atoms with van der Waals surface area (Å²) < 4.78 is 28.7. The molecule has 2 aliphatic rings. The fraction of sp³-hybridized carbons (Fsp3) is 0.455. The Balaban J connectivity index is 1.86. The average molecular weight is 256 g/mol. The monoisotopic (exact) mass is 256 g/mol. The summed E-state index contributed by atoms with van der Waals surface area (Å²) in [6.07, 6.45) is 1.18. The molecular weight excluding hydrogens is 244 g/mol. The second-order valence-corrected chi connectivity index (χ2v) is 7.90. The predicted octanol–water partition coefficient (Wildman–Crippen LogP) is 2.08. The van der Waals surface area contributed by atoms with Crippen molar-refractivity contribution in [2.75, 3.05) is 11.5 Å². The molecule has 0 radical (unpaired) electrons. The number of hydrogen-bond acceptors (Lipinski definition) is 4. The van der Waals surface area contributed by atoms with E-state index in [4.69, 9.17) is 4.74 Å². The Kier molecular flexibility index (Phi) is 2.23. The van der Waals surface area contributed by atoms with Crippen molar-refractivity contribution in [2.45, 2.75) is 22.7 Å². The Morgan fingerprint density at radius 2 is 1.88 bits per heavy atom. The zero-order valence-electron chi connectivity index (χ0n) is 8.68. The van der Waals surface area contributed by atoms with Crippen LogP contribution in [-0.2, 0) is 9.84 Å². The summed E-state index contributed by atoms with van der Waals surface area (Å²) >= 11 is 1.67. The maximum Gasteiger partial charge on any atom is 0.161 e. The third kappa shape index (κ3) is 1.72. The Labute approximate surface area is 99.1 Å². The van der Waals surface area contributed by atoms with Gasteiger partial charge in [-0.25, -0.2) is 8.42 Å². The molecule has 1 aromatic carbocycles. The van der Waals surface area contributed by atoms with E-state index in [0.29, 0.717) is 12.8 Å². The summed E-state index contributed by atoms with van der Waals surface area (Å²) in [5.74, 6) is 1.38. The van der Waals surface area contributed by atoms with Gasteiger partial charge in [0.05, 0.1) is 16.4 Å². The molecule has 86 valence electrons. The van der Waals surface area contributed by atoms with E-state index in [1.54, 1.807) is 11.8 Å². The number of benzene rings is 1. The Morgan fingerprint density at radius 1 is 1.19 bits per heavy atom. The number of sulfone groups is 1. The van der Waals surface area contributed by atoms with E-state index in [2.05, 4.69) is 0 Å². The zero-order chi connectivity index (χ0) is 11.2. The molecule has 0 aromatic heterocycles. The van der Waals surface area contributed by atoms with Gasteiger partial charge in [0.25, 0.3) is 0 Å². The van der Waals surface area contributed by atoms with Crippen LogP contribution in [0.15, 0.2) is 29.2 Å². The van der Waals surface area contributed by atoms with Crippen LogP contribution in [0.1, 0.15) is 12.8 Å². The van der Waals surface area contributed by atoms with Crippen molar-refractivity contribution >= 4 is 21.6 Å². The lowest BCUT2D eigenvalue weighted by atomic mass is 10.2. The number of fused-ring (bicyclic) bond motifs is 1. The van der Waals surface area contributed by atoms with Crippen LogP contribution in [0, 0.1) is 0 Å². The summed E-state index contributed by atoms with van der Waals surface area (Å²) in [6, 6.07) is 7.89. The molecular formula is C11H12O3S2. The van der Waals surface area contributed by atoms with Gasteiger partial charge in [-0.15, -0.1) is 0 Å². The molecule has 0 bridgehead atoms. The van der Waals surface area contributed by atoms with Crippen LogP contribution in [-0.4, -0.2) is 24.9 Å². The minimum Gasteiger partial charge on any atom is -0.475 e. The molecule has 1 fully saturated rings. The van der Waals surface area contributed by atoms with Gasteiger partial charge >= 0.3 is 0 Å². The van der Waals surface area contributed by atoms with E-state index in [9.17, 15) is 8.42 Å². The number of ether oxygens (including phenoxy) is 1. The highest BCUT2D eigenvalue weighted by atomic mass is 32.2. The van der Waals surface area contributed by atoms with Crippen molar-refractivity contribution in [3.05, 3.63) is 24.3 Å². The van der Waals surface area contributed by atoms with Crippen molar-refractivity contribution in [1.29, 1.82) is 0 Å². The molecule has 1 saturated heterocycles. The van der Waals surface area contributed by atoms with Crippen molar-refractivity contribution in [2.24, 2.45) is 0 Å². The maximum absolute atomic E-state index is 11.4. The van der Waals surface area contributed by atoms with Gasteiger partial charge in [0.2, 0.25) is 0 Å². The Hall–Kier alpha value is -0.680. The largest absolute Gasteiger partial charge is 0.475 e. The van der Waals surface area contributed by atoms with E-state index >= 15 is 0 Å². The second-order valence-electron chi connectivity index (χ2n) is 4.21. The van der Waals surface area contributed by atoms with Crippen LogP contribution in [0.3, 0.4) is 0 Å². The van der Waals surface area contributed by atoms with Crippen LogP contribution in [0.2, 0.25) is 0 Å². The number of thioether (sulfide) groups is 1. The normalized spacial score (nSPS) is 25.0. The molecule has 0 aliphatic carbocycles. The van der Waals surface area contributed by atoms with Crippen LogP contribution < -0.4 is 4.74 Å². The molecule has 0 saturated carbocycles. The lowest BCUT2D eigenvalue weighted by Crippen LogP contribution is -2.39. The van der Waals surface area contributed by atoms with Crippen molar-refractivity contribution in [1.82, 2.24) is 0 Å². The smallest absolute Gasteiger partial charge is 0.161 e. The molecule has 1 aromatic rings. The van der Waals surface area contributed by atoms with Crippen LogP contribution >= 0.6 is 11.8 Å².